The summed E-state index contributed by atoms with van der Waals surface area (Å²) in [6.07, 6.45) is 4.06. The Morgan fingerprint density at radius 2 is 0.719 bits per heavy atom. The zero-order chi connectivity index (χ0) is 43.1. The predicted octanol–water partition coefficient (Wildman–Crippen LogP) is 17.8. The van der Waals surface area contributed by atoms with Gasteiger partial charge in [-0.05, 0) is 119 Å². The molecule has 0 spiro atoms. The fourth-order valence-corrected chi connectivity index (χ4v) is 10.7. The van der Waals surface area contributed by atoms with E-state index in [2.05, 4.69) is 207 Å². The Labute approximate surface area is 372 Å². The second kappa shape index (κ2) is 15.1. The van der Waals surface area contributed by atoms with Gasteiger partial charge in [0, 0.05) is 43.7 Å². The van der Waals surface area contributed by atoms with Crippen molar-refractivity contribution in [3.8, 4) is 0 Å². The van der Waals surface area contributed by atoms with Crippen molar-refractivity contribution in [2.45, 2.75) is 53.4 Å². The summed E-state index contributed by atoms with van der Waals surface area (Å²) in [7, 11) is 0. The zero-order valence-electron chi connectivity index (χ0n) is 36.7. The third-order valence-electron chi connectivity index (χ3n) is 13.5. The van der Waals surface area contributed by atoms with Crippen LogP contribution in [0.5, 0.6) is 0 Å². The molecule has 0 saturated heterocycles. The van der Waals surface area contributed by atoms with Gasteiger partial charge in [-0.3, -0.25) is 0 Å². The molecule has 0 N–H and O–H groups in total. The van der Waals surface area contributed by atoms with Gasteiger partial charge in [0.2, 0.25) is 0 Å². The quantitative estimate of drug-likeness (QED) is 0.129. The standard InChI is InChI=1S/C60H48N2O2/c1-5-17-39-19-13-25-45-47-27-15-29-51(59(47)63-57(39)45)61(41-21-9-7-10-22-41)53-35-37(3)43-32-34-50-54(36-38(4)44-31-33-49(53)55(43)56(44)50)62(42-23-11-8-12-24-42)52-30-16-28-48-46-26-14-20-40(18-6-2)58(46)64-60(48)52/h7-16,19-36H,5-6,17-18H2,1-4H3. The molecule has 0 aliphatic heterocycles. The lowest BCUT2D eigenvalue weighted by atomic mass is 9.88. The summed E-state index contributed by atoms with van der Waals surface area (Å²) in [5, 5.41) is 12.0. The van der Waals surface area contributed by atoms with Crippen LogP contribution in [0.4, 0.5) is 34.1 Å². The summed E-state index contributed by atoms with van der Waals surface area (Å²) in [5.41, 5.74) is 15.1. The van der Waals surface area contributed by atoms with Crippen LogP contribution in [0.25, 0.3) is 76.2 Å². The summed E-state index contributed by atoms with van der Waals surface area (Å²) in [5.74, 6) is 0. The van der Waals surface area contributed by atoms with Gasteiger partial charge in [0.25, 0.3) is 0 Å². The number of fused-ring (bicyclic) bond motifs is 6. The molecular formula is C60H48N2O2. The Balaban J connectivity index is 1.14. The first-order chi connectivity index (χ1) is 31.5. The van der Waals surface area contributed by atoms with E-state index in [9.17, 15) is 0 Å². The molecule has 0 amide bonds. The van der Waals surface area contributed by atoms with Crippen molar-refractivity contribution in [1.82, 2.24) is 0 Å². The maximum Gasteiger partial charge on any atom is 0.159 e. The second-order valence-electron chi connectivity index (χ2n) is 17.4. The number of hydrogen-bond donors (Lipinski definition) is 0. The van der Waals surface area contributed by atoms with E-state index in [1.807, 2.05) is 0 Å². The van der Waals surface area contributed by atoms with Crippen molar-refractivity contribution >= 4 is 110 Å². The molecular weight excluding hydrogens is 781 g/mol. The number of hydrogen-bond acceptors (Lipinski definition) is 4. The highest BCUT2D eigenvalue weighted by atomic mass is 16.3. The molecule has 10 aromatic carbocycles. The van der Waals surface area contributed by atoms with Crippen molar-refractivity contribution in [2.24, 2.45) is 0 Å². The highest BCUT2D eigenvalue weighted by Crippen LogP contribution is 2.51. The number of benzene rings is 10. The van der Waals surface area contributed by atoms with Gasteiger partial charge < -0.3 is 18.6 Å². The van der Waals surface area contributed by atoms with E-state index in [4.69, 9.17) is 8.83 Å². The maximum absolute atomic E-state index is 7.00. The van der Waals surface area contributed by atoms with E-state index in [0.717, 1.165) is 104 Å². The Morgan fingerprint density at radius 3 is 1.12 bits per heavy atom. The third kappa shape index (κ3) is 5.75. The monoisotopic (exact) mass is 828 g/mol. The van der Waals surface area contributed by atoms with Crippen LogP contribution in [0.3, 0.4) is 0 Å². The predicted molar refractivity (Wildman–Crippen MR) is 272 cm³/mol. The van der Waals surface area contributed by atoms with Gasteiger partial charge in [-0.1, -0.05) is 148 Å². The van der Waals surface area contributed by atoms with E-state index < -0.39 is 0 Å². The molecule has 4 heteroatoms. The fraction of sp³-hybridized carbons (Fsp3) is 0.133. The van der Waals surface area contributed by atoms with Crippen LogP contribution in [0.1, 0.15) is 48.9 Å². The molecule has 0 saturated carbocycles. The van der Waals surface area contributed by atoms with Crippen LogP contribution in [0.15, 0.2) is 179 Å². The Morgan fingerprint density at radius 1 is 0.344 bits per heavy atom. The van der Waals surface area contributed by atoms with Crippen molar-refractivity contribution in [1.29, 1.82) is 0 Å². The van der Waals surface area contributed by atoms with Gasteiger partial charge in [-0.15, -0.1) is 0 Å². The molecule has 0 unspecified atom stereocenters. The lowest BCUT2D eigenvalue weighted by Gasteiger charge is -2.30. The number of rotatable bonds is 10. The van der Waals surface area contributed by atoms with Crippen LogP contribution in [-0.4, -0.2) is 0 Å². The normalized spacial score (nSPS) is 12.0. The molecule has 4 nitrogen and oxygen atoms in total. The van der Waals surface area contributed by atoms with Gasteiger partial charge in [0.15, 0.2) is 11.2 Å². The molecule has 0 aliphatic rings. The molecule has 310 valence electrons. The molecule has 12 rings (SSSR count). The minimum atomic E-state index is 0.895. The Bertz CT molecular complexity index is 3480. The van der Waals surface area contributed by atoms with E-state index in [-0.39, 0.29) is 0 Å². The first-order valence-corrected chi connectivity index (χ1v) is 22.8. The van der Waals surface area contributed by atoms with Crippen molar-refractivity contribution in [3.63, 3.8) is 0 Å². The summed E-state index contributed by atoms with van der Waals surface area (Å²) in [6, 6.07) is 62.0. The fourth-order valence-electron chi connectivity index (χ4n) is 10.7. The molecule has 0 aliphatic carbocycles. The molecule has 0 fully saturated rings. The smallest absolute Gasteiger partial charge is 0.159 e. The van der Waals surface area contributed by atoms with Crippen LogP contribution < -0.4 is 9.80 Å². The van der Waals surface area contributed by atoms with Crippen molar-refractivity contribution in [2.75, 3.05) is 9.80 Å². The van der Waals surface area contributed by atoms with Crippen LogP contribution in [0, 0.1) is 13.8 Å². The number of para-hydroxylation sites is 6. The molecule has 0 radical (unpaired) electrons. The molecule has 12 aromatic rings. The van der Waals surface area contributed by atoms with Gasteiger partial charge in [0.1, 0.15) is 11.2 Å². The highest BCUT2D eigenvalue weighted by molar-refractivity contribution is 6.30. The topological polar surface area (TPSA) is 32.8 Å². The molecule has 0 bridgehead atoms. The molecule has 64 heavy (non-hydrogen) atoms. The Kier molecular flexibility index (Phi) is 8.98. The largest absolute Gasteiger partial charge is 0.454 e. The number of aryl methyl sites for hydroxylation is 4. The lowest BCUT2D eigenvalue weighted by molar-refractivity contribution is 0.661. The van der Waals surface area contributed by atoms with Gasteiger partial charge in [0.05, 0.1) is 22.7 Å². The summed E-state index contributed by atoms with van der Waals surface area (Å²) in [4.78, 5) is 4.84. The van der Waals surface area contributed by atoms with Crippen molar-refractivity contribution < 1.29 is 8.83 Å². The average molecular weight is 829 g/mol. The molecule has 2 aromatic heterocycles. The third-order valence-corrected chi connectivity index (χ3v) is 13.5. The lowest BCUT2D eigenvalue weighted by Crippen LogP contribution is -2.12. The summed E-state index contributed by atoms with van der Waals surface area (Å²) < 4.78 is 14.0. The van der Waals surface area contributed by atoms with Crippen LogP contribution >= 0.6 is 0 Å². The van der Waals surface area contributed by atoms with E-state index in [1.54, 1.807) is 0 Å². The average Bonchev–Trinajstić information content (AvgIpc) is 3.92. The minimum absolute atomic E-state index is 0.895. The number of nitrogens with zero attached hydrogens (tertiary/aromatic N) is 2. The number of furan rings is 2. The van der Waals surface area contributed by atoms with Gasteiger partial charge in [-0.2, -0.15) is 0 Å². The van der Waals surface area contributed by atoms with Gasteiger partial charge in [-0.25, -0.2) is 0 Å². The number of anilines is 6. The first-order valence-electron chi connectivity index (χ1n) is 22.8. The summed E-state index contributed by atoms with van der Waals surface area (Å²) in [6.45, 7) is 8.98. The Hall–Kier alpha value is -7.56. The second-order valence-corrected chi connectivity index (χ2v) is 17.4. The summed E-state index contributed by atoms with van der Waals surface area (Å²) >= 11 is 0. The van der Waals surface area contributed by atoms with Crippen molar-refractivity contribution in [3.05, 3.63) is 192 Å². The highest BCUT2D eigenvalue weighted by Gasteiger charge is 2.27. The molecule has 0 atom stereocenters. The van der Waals surface area contributed by atoms with Crippen LogP contribution in [-0.2, 0) is 12.8 Å². The SMILES string of the molecule is CCCc1cccc2c1oc1c(N(c3ccccc3)c3cc(C)c4ccc5c(N(c6ccccc6)c6cccc7c6oc6c(CCC)cccc67)cc(C)c6ccc3c4c65)cccc12. The first kappa shape index (κ1) is 38.1. The van der Waals surface area contributed by atoms with Crippen LogP contribution in [0.2, 0.25) is 0 Å². The minimum Gasteiger partial charge on any atom is -0.454 e. The zero-order valence-corrected chi connectivity index (χ0v) is 36.7. The maximum atomic E-state index is 7.00. The van der Waals surface area contributed by atoms with E-state index in [1.165, 1.54) is 54.6 Å². The van der Waals surface area contributed by atoms with E-state index in [0.29, 0.717) is 0 Å². The van der Waals surface area contributed by atoms with Gasteiger partial charge >= 0.3 is 0 Å². The van der Waals surface area contributed by atoms with E-state index >= 15 is 0 Å². The molecule has 2 heterocycles.